The van der Waals surface area contributed by atoms with Gasteiger partial charge in [0.2, 0.25) is 0 Å². The summed E-state index contributed by atoms with van der Waals surface area (Å²) >= 11 is 4.37. The lowest BCUT2D eigenvalue weighted by atomic mass is 10.2. The number of aryl methyl sites for hydroxylation is 1. The van der Waals surface area contributed by atoms with E-state index < -0.39 is 11.1 Å². The molecule has 0 heterocycles. The van der Waals surface area contributed by atoms with E-state index in [1.165, 1.54) is 0 Å². The summed E-state index contributed by atoms with van der Waals surface area (Å²) in [6, 6.07) is 14.6. The second kappa shape index (κ2) is 7.25. The van der Waals surface area contributed by atoms with Gasteiger partial charge < -0.3 is 0 Å². The lowest BCUT2D eigenvalue weighted by Gasteiger charge is -2.00. The molecule has 0 radical (unpaired) electrons. The molecule has 4 heteroatoms. The maximum Gasteiger partial charge on any atom is 0.190 e. The van der Waals surface area contributed by atoms with E-state index in [1.54, 1.807) is 24.3 Å². The van der Waals surface area contributed by atoms with Crippen molar-refractivity contribution in [2.75, 3.05) is 6.61 Å². The van der Waals surface area contributed by atoms with Gasteiger partial charge in [-0.3, -0.25) is 4.18 Å². The first kappa shape index (κ1) is 14.8. The first-order valence-corrected chi connectivity index (χ1v) is 7.46. The minimum Gasteiger partial charge on any atom is -0.274 e. The Morgan fingerprint density at radius 3 is 2.65 bits per heavy atom. The van der Waals surface area contributed by atoms with Crippen molar-refractivity contribution in [2.45, 2.75) is 11.8 Å². The number of rotatable bonds is 3. The average Bonchev–Trinajstić information content (AvgIpc) is 2.44. The fraction of sp³-hybridized carbons (Fsp3) is 0.125. The smallest absolute Gasteiger partial charge is 0.190 e. The van der Waals surface area contributed by atoms with Crippen molar-refractivity contribution < 1.29 is 8.39 Å². The number of hydrogen-bond acceptors (Lipinski definition) is 2. The zero-order chi connectivity index (χ0) is 14.4. The fourth-order valence-corrected chi connectivity index (χ4v) is 2.36. The van der Waals surface area contributed by atoms with Gasteiger partial charge in [-0.05, 0) is 37.3 Å². The van der Waals surface area contributed by atoms with E-state index >= 15 is 0 Å². The van der Waals surface area contributed by atoms with E-state index in [0.29, 0.717) is 9.92 Å². The maximum absolute atomic E-state index is 11.8. The Kier molecular flexibility index (Phi) is 5.37. The fourth-order valence-electron chi connectivity index (χ4n) is 1.50. The molecule has 0 amide bonds. The van der Waals surface area contributed by atoms with Gasteiger partial charge in [0.25, 0.3) is 0 Å². The van der Waals surface area contributed by atoms with Crippen LogP contribution in [0.5, 0.6) is 0 Å². The van der Waals surface area contributed by atoms with Crippen LogP contribution < -0.4 is 0 Å². The van der Waals surface area contributed by atoms with E-state index in [-0.39, 0.29) is 6.61 Å². The highest BCUT2D eigenvalue weighted by molar-refractivity contribution is 7.80. The molecule has 20 heavy (non-hydrogen) atoms. The predicted molar refractivity (Wildman–Crippen MR) is 81.9 cm³/mol. The van der Waals surface area contributed by atoms with Crippen molar-refractivity contribution in [3.05, 3.63) is 64.7 Å². The maximum atomic E-state index is 11.8. The molecule has 0 unspecified atom stereocenters. The lowest BCUT2D eigenvalue weighted by molar-refractivity contribution is 0.402. The third-order valence-electron chi connectivity index (χ3n) is 2.51. The summed E-state index contributed by atoms with van der Waals surface area (Å²) in [5, 5.41) is 0.640. The highest BCUT2D eigenvalue weighted by atomic mass is 35.5. The van der Waals surface area contributed by atoms with Gasteiger partial charge >= 0.3 is 0 Å². The van der Waals surface area contributed by atoms with Crippen LogP contribution in [0.2, 0.25) is 5.02 Å². The molecule has 0 N–H and O–H groups in total. The minimum absolute atomic E-state index is 0.104. The standard InChI is InChI=1S/C16H13ClO2S/c1-13-7-9-16(10-8-13)20(18)19-11-3-5-14-4-2-6-15(17)12-14/h2,4,6-10,12H,11H2,1H3/t20-/m0/s1. The molecule has 2 nitrogen and oxygen atoms in total. The third-order valence-corrected chi connectivity index (χ3v) is 3.73. The zero-order valence-electron chi connectivity index (χ0n) is 10.9. The summed E-state index contributed by atoms with van der Waals surface area (Å²) in [4.78, 5) is 0.639. The highest BCUT2D eigenvalue weighted by Gasteiger charge is 2.02. The second-order valence-electron chi connectivity index (χ2n) is 4.12. The molecule has 102 valence electrons. The molecule has 2 rings (SSSR count). The summed E-state index contributed by atoms with van der Waals surface area (Å²) in [6.45, 7) is 2.08. The second-order valence-corrected chi connectivity index (χ2v) is 5.74. The van der Waals surface area contributed by atoms with Crippen LogP contribution in [0.25, 0.3) is 0 Å². The molecule has 0 spiro atoms. The molecule has 0 saturated carbocycles. The molecule has 0 saturated heterocycles. The zero-order valence-corrected chi connectivity index (χ0v) is 12.5. The van der Waals surface area contributed by atoms with Crippen molar-refractivity contribution in [1.29, 1.82) is 0 Å². The molecular weight excluding hydrogens is 292 g/mol. The van der Waals surface area contributed by atoms with Crippen molar-refractivity contribution in [3.63, 3.8) is 0 Å². The SMILES string of the molecule is Cc1ccc([S@@](=O)OCC#Cc2cccc(Cl)c2)cc1. The summed E-state index contributed by atoms with van der Waals surface area (Å²) in [6.07, 6.45) is 0. The van der Waals surface area contributed by atoms with Gasteiger partial charge in [-0.25, -0.2) is 4.21 Å². The van der Waals surface area contributed by atoms with Crippen LogP contribution in [-0.4, -0.2) is 10.8 Å². The van der Waals surface area contributed by atoms with Crippen LogP contribution in [0.3, 0.4) is 0 Å². The van der Waals surface area contributed by atoms with E-state index in [9.17, 15) is 4.21 Å². The van der Waals surface area contributed by atoms with Crippen LogP contribution in [0.15, 0.2) is 53.4 Å². The Morgan fingerprint density at radius 1 is 1.20 bits per heavy atom. The van der Waals surface area contributed by atoms with Crippen LogP contribution in [0, 0.1) is 18.8 Å². The largest absolute Gasteiger partial charge is 0.274 e. The van der Waals surface area contributed by atoms with E-state index in [0.717, 1.165) is 11.1 Å². The van der Waals surface area contributed by atoms with Crippen LogP contribution in [0.4, 0.5) is 0 Å². The van der Waals surface area contributed by atoms with Crippen LogP contribution >= 0.6 is 11.6 Å². The summed E-state index contributed by atoms with van der Waals surface area (Å²) < 4.78 is 17.0. The van der Waals surface area contributed by atoms with E-state index in [4.69, 9.17) is 15.8 Å². The van der Waals surface area contributed by atoms with Crippen molar-refractivity contribution >= 4 is 22.7 Å². The van der Waals surface area contributed by atoms with Gasteiger partial charge in [-0.15, -0.1) is 0 Å². The van der Waals surface area contributed by atoms with Gasteiger partial charge in [0, 0.05) is 10.6 Å². The quantitative estimate of drug-likeness (QED) is 0.808. The molecule has 2 aromatic rings. The molecular formula is C16H13ClO2S. The summed E-state index contributed by atoms with van der Waals surface area (Å²) in [5.41, 5.74) is 1.92. The molecule has 0 aliphatic heterocycles. The Hall–Kier alpha value is -1.60. The molecule has 0 fully saturated rings. The lowest BCUT2D eigenvalue weighted by Crippen LogP contribution is -1.98. The van der Waals surface area contributed by atoms with Crippen molar-refractivity contribution in [1.82, 2.24) is 0 Å². The normalized spacial score (nSPS) is 11.5. The summed E-state index contributed by atoms with van der Waals surface area (Å²) in [5.74, 6) is 5.72. The summed E-state index contributed by atoms with van der Waals surface area (Å²) in [7, 11) is 0. The van der Waals surface area contributed by atoms with E-state index in [1.807, 2.05) is 31.2 Å². The average molecular weight is 305 g/mol. The molecule has 0 bridgehead atoms. The van der Waals surface area contributed by atoms with Gasteiger partial charge in [0.05, 0.1) is 4.90 Å². The Morgan fingerprint density at radius 2 is 1.95 bits per heavy atom. The Balaban J connectivity index is 1.90. The molecule has 0 aromatic heterocycles. The van der Waals surface area contributed by atoms with Gasteiger partial charge in [-0.2, -0.15) is 0 Å². The number of hydrogen-bond donors (Lipinski definition) is 0. The van der Waals surface area contributed by atoms with Crippen molar-refractivity contribution in [2.24, 2.45) is 0 Å². The van der Waals surface area contributed by atoms with Gasteiger partial charge in [0.1, 0.15) is 6.61 Å². The minimum atomic E-state index is -1.48. The van der Waals surface area contributed by atoms with Crippen LogP contribution in [0.1, 0.15) is 11.1 Å². The molecule has 0 aliphatic rings. The van der Waals surface area contributed by atoms with E-state index in [2.05, 4.69) is 11.8 Å². The van der Waals surface area contributed by atoms with Gasteiger partial charge in [-0.1, -0.05) is 47.2 Å². The first-order valence-electron chi connectivity index (χ1n) is 6.01. The molecule has 2 aromatic carbocycles. The molecule has 1 atom stereocenters. The predicted octanol–water partition coefficient (Wildman–Crippen LogP) is 3.74. The monoisotopic (exact) mass is 304 g/mol. The Labute approximate surface area is 126 Å². The molecule has 0 aliphatic carbocycles. The van der Waals surface area contributed by atoms with Crippen LogP contribution in [-0.2, 0) is 15.3 Å². The highest BCUT2D eigenvalue weighted by Crippen LogP contribution is 2.10. The van der Waals surface area contributed by atoms with Gasteiger partial charge in [0.15, 0.2) is 11.1 Å². The topological polar surface area (TPSA) is 26.3 Å². The number of benzene rings is 2. The van der Waals surface area contributed by atoms with Crippen molar-refractivity contribution in [3.8, 4) is 11.8 Å². The third kappa shape index (κ3) is 4.50. The first-order chi connectivity index (χ1) is 9.65. The Bertz CT molecular complexity index is 669. The number of halogens is 1.